The molecule has 1 N–H and O–H groups in total. The minimum absolute atomic E-state index is 0.219. The highest BCUT2D eigenvalue weighted by Gasteiger charge is 2.27. The van der Waals surface area contributed by atoms with Gasteiger partial charge in [-0.2, -0.15) is 0 Å². The van der Waals surface area contributed by atoms with E-state index in [1.807, 2.05) is 0 Å². The van der Waals surface area contributed by atoms with Gasteiger partial charge >= 0.3 is 5.97 Å². The zero-order valence-electron chi connectivity index (χ0n) is 9.83. The van der Waals surface area contributed by atoms with Crippen molar-refractivity contribution in [3.63, 3.8) is 0 Å². The fraction of sp³-hybridized carbons (Fsp3) is 0.364. The Morgan fingerprint density at radius 1 is 1.37 bits per heavy atom. The summed E-state index contributed by atoms with van der Waals surface area (Å²) in [5.74, 6) is -0.415. The van der Waals surface area contributed by atoms with E-state index < -0.39 is 16.6 Å². The van der Waals surface area contributed by atoms with Gasteiger partial charge in [-0.05, 0) is 0 Å². The van der Waals surface area contributed by atoms with Gasteiger partial charge in [-0.1, -0.05) is 0 Å². The SMILES string of the molecule is O=C(OCCO)c1cc2c(cc1[N+](=O)[O-])OCCO2. The van der Waals surface area contributed by atoms with Crippen molar-refractivity contribution in [2.24, 2.45) is 0 Å². The highest BCUT2D eigenvalue weighted by Crippen LogP contribution is 2.36. The molecule has 0 amide bonds. The molecule has 1 aliphatic rings. The van der Waals surface area contributed by atoms with E-state index in [0.29, 0.717) is 13.2 Å². The topological polar surface area (TPSA) is 108 Å². The monoisotopic (exact) mass is 269 g/mol. The number of esters is 1. The molecule has 8 heteroatoms. The Hall–Kier alpha value is -2.35. The second-order valence-electron chi connectivity index (χ2n) is 3.63. The summed E-state index contributed by atoms with van der Waals surface area (Å²) in [4.78, 5) is 21.9. The first-order valence-electron chi connectivity index (χ1n) is 5.49. The largest absolute Gasteiger partial charge is 0.486 e. The van der Waals surface area contributed by atoms with Crippen molar-refractivity contribution in [1.29, 1.82) is 0 Å². The van der Waals surface area contributed by atoms with Crippen molar-refractivity contribution in [3.05, 3.63) is 27.8 Å². The molecule has 0 aliphatic carbocycles. The van der Waals surface area contributed by atoms with Crippen molar-refractivity contribution < 1.29 is 29.0 Å². The second-order valence-corrected chi connectivity index (χ2v) is 3.63. The Balaban J connectivity index is 2.39. The number of benzene rings is 1. The Morgan fingerprint density at radius 3 is 2.58 bits per heavy atom. The number of nitro benzene ring substituents is 1. The van der Waals surface area contributed by atoms with Crippen molar-refractivity contribution in [2.45, 2.75) is 0 Å². The number of rotatable bonds is 4. The van der Waals surface area contributed by atoms with Gasteiger partial charge in [-0.3, -0.25) is 10.1 Å². The summed E-state index contributed by atoms with van der Waals surface area (Å²) in [7, 11) is 0. The lowest BCUT2D eigenvalue weighted by molar-refractivity contribution is -0.385. The van der Waals surface area contributed by atoms with Gasteiger partial charge < -0.3 is 19.3 Å². The van der Waals surface area contributed by atoms with Crippen LogP contribution >= 0.6 is 0 Å². The molecule has 8 nitrogen and oxygen atoms in total. The van der Waals surface area contributed by atoms with Gasteiger partial charge in [-0.25, -0.2) is 4.79 Å². The van der Waals surface area contributed by atoms with E-state index in [4.69, 9.17) is 14.6 Å². The van der Waals surface area contributed by atoms with Crippen LogP contribution in [0.15, 0.2) is 12.1 Å². The fourth-order valence-corrected chi connectivity index (χ4v) is 1.61. The van der Waals surface area contributed by atoms with Gasteiger partial charge in [0.1, 0.15) is 25.4 Å². The molecular formula is C11H11NO7. The summed E-state index contributed by atoms with van der Waals surface area (Å²) < 4.78 is 15.1. The third kappa shape index (κ3) is 2.74. The maximum Gasteiger partial charge on any atom is 0.345 e. The number of nitrogens with zero attached hydrogens (tertiary/aromatic N) is 1. The first-order chi connectivity index (χ1) is 9.13. The molecule has 2 rings (SSSR count). The zero-order chi connectivity index (χ0) is 13.8. The molecule has 1 aliphatic heterocycles. The second kappa shape index (κ2) is 5.53. The van der Waals surface area contributed by atoms with Gasteiger partial charge in [0.15, 0.2) is 11.5 Å². The van der Waals surface area contributed by atoms with Crippen LogP contribution in [0, 0.1) is 10.1 Å². The molecule has 0 bridgehead atoms. The third-order valence-electron chi connectivity index (χ3n) is 2.40. The maximum absolute atomic E-state index is 11.7. The Labute approximate surface area is 107 Å². The lowest BCUT2D eigenvalue weighted by Gasteiger charge is -2.18. The van der Waals surface area contributed by atoms with E-state index in [-0.39, 0.29) is 30.3 Å². The summed E-state index contributed by atoms with van der Waals surface area (Å²) in [5, 5.41) is 19.5. The smallest absolute Gasteiger partial charge is 0.345 e. The molecule has 0 aromatic heterocycles. The number of carbonyl (C=O) groups excluding carboxylic acids is 1. The summed E-state index contributed by atoms with van der Waals surface area (Å²) in [6.45, 7) is 0.00289. The number of aliphatic hydroxyl groups excluding tert-OH is 1. The number of carbonyl (C=O) groups is 1. The van der Waals surface area contributed by atoms with E-state index >= 15 is 0 Å². The lowest BCUT2D eigenvalue weighted by atomic mass is 10.1. The predicted octanol–water partition coefficient (Wildman–Crippen LogP) is 0.515. The number of fused-ring (bicyclic) bond motifs is 1. The number of hydrogen-bond acceptors (Lipinski definition) is 7. The molecule has 0 atom stereocenters. The minimum atomic E-state index is -0.891. The van der Waals surface area contributed by atoms with Crippen LogP contribution in [0.3, 0.4) is 0 Å². The van der Waals surface area contributed by atoms with Gasteiger partial charge in [0.25, 0.3) is 5.69 Å². The van der Waals surface area contributed by atoms with E-state index in [9.17, 15) is 14.9 Å². The summed E-state index contributed by atoms with van der Waals surface area (Å²) in [6, 6.07) is 2.34. The van der Waals surface area contributed by atoms with Crippen LogP contribution < -0.4 is 9.47 Å². The molecule has 0 saturated heterocycles. The Kier molecular flexibility index (Phi) is 3.81. The standard InChI is InChI=1S/C11H11NO7/c13-1-2-19-11(14)7-5-9-10(18-4-3-17-9)6-8(7)12(15)16/h5-6,13H,1-4H2. The molecule has 1 heterocycles. The predicted molar refractivity (Wildman–Crippen MR) is 61.5 cm³/mol. The van der Waals surface area contributed by atoms with Crippen LogP contribution in [0.1, 0.15) is 10.4 Å². The maximum atomic E-state index is 11.7. The van der Waals surface area contributed by atoms with Crippen LogP contribution in [0.4, 0.5) is 5.69 Å². The fourth-order valence-electron chi connectivity index (χ4n) is 1.61. The Bertz CT molecular complexity index is 514. The first kappa shape index (κ1) is 13.1. The number of ether oxygens (including phenoxy) is 3. The quantitative estimate of drug-likeness (QED) is 0.482. The van der Waals surface area contributed by atoms with E-state index in [2.05, 4.69) is 4.74 Å². The van der Waals surface area contributed by atoms with Crippen LogP contribution in [0.5, 0.6) is 11.5 Å². The van der Waals surface area contributed by atoms with Gasteiger partial charge in [0.2, 0.25) is 0 Å². The summed E-state index contributed by atoms with van der Waals surface area (Å²) >= 11 is 0. The average molecular weight is 269 g/mol. The van der Waals surface area contributed by atoms with E-state index in [0.717, 1.165) is 6.07 Å². The highest BCUT2D eigenvalue weighted by molar-refractivity contribution is 5.95. The highest BCUT2D eigenvalue weighted by atomic mass is 16.6. The molecule has 0 radical (unpaired) electrons. The first-order valence-corrected chi connectivity index (χ1v) is 5.49. The zero-order valence-corrected chi connectivity index (χ0v) is 9.83. The van der Waals surface area contributed by atoms with Gasteiger partial charge in [0.05, 0.1) is 17.6 Å². The lowest BCUT2D eigenvalue weighted by Crippen LogP contribution is -2.17. The van der Waals surface area contributed by atoms with Crippen LogP contribution in [-0.2, 0) is 4.74 Å². The van der Waals surface area contributed by atoms with E-state index in [1.165, 1.54) is 6.07 Å². The van der Waals surface area contributed by atoms with Crippen LogP contribution in [0.2, 0.25) is 0 Å². The molecule has 0 unspecified atom stereocenters. The van der Waals surface area contributed by atoms with E-state index in [1.54, 1.807) is 0 Å². The van der Waals surface area contributed by atoms with Crippen molar-refractivity contribution in [3.8, 4) is 11.5 Å². The normalized spacial score (nSPS) is 12.9. The number of aliphatic hydroxyl groups is 1. The average Bonchev–Trinajstić information content (AvgIpc) is 2.43. The summed E-state index contributed by atoms with van der Waals surface area (Å²) in [5.41, 5.74) is -0.658. The van der Waals surface area contributed by atoms with Gasteiger partial charge in [0, 0.05) is 6.07 Å². The third-order valence-corrected chi connectivity index (χ3v) is 2.40. The molecule has 0 saturated carbocycles. The van der Waals surface area contributed by atoms with Gasteiger partial charge in [-0.15, -0.1) is 0 Å². The molecule has 1 aromatic rings. The van der Waals surface area contributed by atoms with Crippen LogP contribution in [-0.4, -0.2) is 42.4 Å². The molecule has 19 heavy (non-hydrogen) atoms. The molecule has 0 fully saturated rings. The molecule has 1 aromatic carbocycles. The van der Waals surface area contributed by atoms with Crippen molar-refractivity contribution in [1.82, 2.24) is 0 Å². The van der Waals surface area contributed by atoms with Crippen molar-refractivity contribution in [2.75, 3.05) is 26.4 Å². The van der Waals surface area contributed by atoms with Crippen LogP contribution in [0.25, 0.3) is 0 Å². The molecular weight excluding hydrogens is 258 g/mol. The molecule has 102 valence electrons. The number of hydrogen-bond donors (Lipinski definition) is 1. The summed E-state index contributed by atoms with van der Waals surface area (Å²) in [6.07, 6.45) is 0. The molecule has 0 spiro atoms. The van der Waals surface area contributed by atoms with Crippen molar-refractivity contribution >= 4 is 11.7 Å². The number of nitro groups is 1. The minimum Gasteiger partial charge on any atom is -0.486 e. The Morgan fingerprint density at radius 2 is 2.00 bits per heavy atom.